The van der Waals surface area contributed by atoms with Gasteiger partial charge in [0, 0.05) is 40.5 Å². The minimum absolute atomic E-state index is 0.750. The topological polar surface area (TPSA) is 38.8 Å². The van der Waals surface area contributed by atoms with E-state index in [0.29, 0.717) is 0 Å². The fourth-order valence-corrected chi connectivity index (χ4v) is 1.02. The summed E-state index contributed by atoms with van der Waals surface area (Å²) in [6, 6.07) is 0. The van der Waals surface area contributed by atoms with Crippen molar-refractivity contribution in [2.75, 3.05) is 40.5 Å². The highest BCUT2D eigenvalue weighted by molar-refractivity contribution is 5.45. The van der Waals surface area contributed by atoms with Gasteiger partial charge < -0.3 is 14.4 Å². The quantitative estimate of drug-likeness (QED) is 0.621. The molecule has 0 aliphatic carbocycles. The zero-order valence-corrected chi connectivity index (χ0v) is 9.91. The van der Waals surface area contributed by atoms with E-state index in [2.05, 4.69) is 0 Å². The standard InChI is InChI=1S/2C4H8O.C3H7NO/c2*1-2-4-5-3-1;1-4(2)3-5/h2*1-4H2;3H,1-2H3. The molecule has 0 radical (unpaired) electrons. The maximum absolute atomic E-state index is 9.43. The molecule has 1 amide bonds. The largest absolute Gasteiger partial charge is 0.381 e. The van der Waals surface area contributed by atoms with Crippen LogP contribution in [0.4, 0.5) is 0 Å². The maximum Gasteiger partial charge on any atom is 0.209 e. The van der Waals surface area contributed by atoms with Crippen LogP contribution in [0.3, 0.4) is 0 Å². The SMILES string of the molecule is C1CCOC1.C1CCOC1.CN(C)C=O. The van der Waals surface area contributed by atoms with E-state index in [1.165, 1.54) is 30.6 Å². The van der Waals surface area contributed by atoms with Crippen molar-refractivity contribution in [3.8, 4) is 0 Å². The highest BCUT2D eigenvalue weighted by atomic mass is 16.5. The number of rotatable bonds is 1. The Labute approximate surface area is 92.5 Å². The first-order chi connectivity index (χ1) is 7.27. The van der Waals surface area contributed by atoms with Crippen molar-refractivity contribution in [1.29, 1.82) is 0 Å². The summed E-state index contributed by atoms with van der Waals surface area (Å²) < 4.78 is 9.89. The second-order valence-electron chi connectivity index (χ2n) is 3.71. The number of hydrogen-bond donors (Lipinski definition) is 0. The van der Waals surface area contributed by atoms with Crippen molar-refractivity contribution in [2.24, 2.45) is 0 Å². The molecule has 2 fully saturated rings. The molecule has 4 heteroatoms. The molecule has 2 saturated heterocycles. The van der Waals surface area contributed by atoms with Crippen molar-refractivity contribution in [3.05, 3.63) is 0 Å². The van der Waals surface area contributed by atoms with Crippen molar-refractivity contribution < 1.29 is 14.3 Å². The molecule has 2 aliphatic heterocycles. The lowest BCUT2D eigenvalue weighted by atomic mass is 10.4. The van der Waals surface area contributed by atoms with Crippen molar-refractivity contribution in [2.45, 2.75) is 25.7 Å². The van der Waals surface area contributed by atoms with Gasteiger partial charge in [-0.15, -0.1) is 0 Å². The third-order valence-electron chi connectivity index (χ3n) is 1.87. The molecule has 0 aromatic carbocycles. The van der Waals surface area contributed by atoms with E-state index in [0.717, 1.165) is 32.8 Å². The van der Waals surface area contributed by atoms with Gasteiger partial charge in [-0.1, -0.05) is 0 Å². The lowest BCUT2D eigenvalue weighted by molar-refractivity contribution is -0.115. The number of hydrogen-bond acceptors (Lipinski definition) is 3. The summed E-state index contributed by atoms with van der Waals surface area (Å²) in [4.78, 5) is 10.9. The van der Waals surface area contributed by atoms with Crippen molar-refractivity contribution >= 4 is 6.41 Å². The lowest BCUT2D eigenvalue weighted by Gasteiger charge is -1.93. The van der Waals surface area contributed by atoms with Crippen LogP contribution in [0.2, 0.25) is 0 Å². The first-order valence-electron chi connectivity index (χ1n) is 5.54. The fourth-order valence-electron chi connectivity index (χ4n) is 1.02. The zero-order chi connectivity index (χ0) is 11.4. The molecular formula is C11H23NO3. The number of ether oxygens (including phenoxy) is 2. The van der Waals surface area contributed by atoms with E-state index < -0.39 is 0 Å². The Hall–Kier alpha value is -0.610. The van der Waals surface area contributed by atoms with Crippen LogP contribution in [0, 0.1) is 0 Å². The minimum atomic E-state index is 0.750. The summed E-state index contributed by atoms with van der Waals surface area (Å²) in [5.74, 6) is 0. The zero-order valence-electron chi connectivity index (χ0n) is 9.91. The second-order valence-corrected chi connectivity index (χ2v) is 3.71. The van der Waals surface area contributed by atoms with Gasteiger partial charge in [-0.25, -0.2) is 0 Å². The average molecular weight is 217 g/mol. The third-order valence-corrected chi connectivity index (χ3v) is 1.87. The predicted octanol–water partition coefficient (Wildman–Crippen LogP) is 1.30. The van der Waals surface area contributed by atoms with Gasteiger partial charge in [-0.2, -0.15) is 0 Å². The summed E-state index contributed by atoms with van der Waals surface area (Å²) in [7, 11) is 3.38. The van der Waals surface area contributed by atoms with Gasteiger partial charge in [-0.05, 0) is 25.7 Å². The number of amides is 1. The maximum atomic E-state index is 9.43. The molecule has 0 bridgehead atoms. The molecule has 2 heterocycles. The summed E-state index contributed by atoms with van der Waals surface area (Å²) >= 11 is 0. The molecule has 0 aromatic rings. The van der Waals surface area contributed by atoms with Crippen LogP contribution in [0.25, 0.3) is 0 Å². The monoisotopic (exact) mass is 217 g/mol. The molecule has 4 nitrogen and oxygen atoms in total. The Morgan fingerprint density at radius 1 is 0.867 bits per heavy atom. The first kappa shape index (κ1) is 14.4. The van der Waals surface area contributed by atoms with Crippen LogP contribution in [-0.4, -0.2) is 51.8 Å². The number of carbonyl (C=O) groups is 1. The van der Waals surface area contributed by atoms with E-state index in [1.807, 2.05) is 0 Å². The van der Waals surface area contributed by atoms with Crippen LogP contribution < -0.4 is 0 Å². The Balaban J connectivity index is 0.000000196. The van der Waals surface area contributed by atoms with Crippen LogP contribution in [-0.2, 0) is 14.3 Å². The van der Waals surface area contributed by atoms with Gasteiger partial charge in [0.15, 0.2) is 0 Å². The van der Waals surface area contributed by atoms with Crippen molar-refractivity contribution in [1.82, 2.24) is 4.90 Å². The molecule has 0 unspecified atom stereocenters. The van der Waals surface area contributed by atoms with Crippen LogP contribution >= 0.6 is 0 Å². The van der Waals surface area contributed by atoms with E-state index in [9.17, 15) is 4.79 Å². The van der Waals surface area contributed by atoms with E-state index in [-0.39, 0.29) is 0 Å². The van der Waals surface area contributed by atoms with Crippen LogP contribution in [0.1, 0.15) is 25.7 Å². The molecule has 0 N–H and O–H groups in total. The van der Waals surface area contributed by atoms with Gasteiger partial charge >= 0.3 is 0 Å². The predicted molar refractivity (Wildman–Crippen MR) is 59.9 cm³/mol. The molecule has 0 spiro atoms. The highest BCUT2D eigenvalue weighted by Crippen LogP contribution is 1.98. The molecule has 15 heavy (non-hydrogen) atoms. The Morgan fingerprint density at radius 2 is 1.13 bits per heavy atom. The number of nitrogens with zero attached hydrogens (tertiary/aromatic N) is 1. The van der Waals surface area contributed by atoms with Gasteiger partial charge in [-0.3, -0.25) is 4.79 Å². The van der Waals surface area contributed by atoms with Crippen LogP contribution in [0.15, 0.2) is 0 Å². The molecule has 90 valence electrons. The summed E-state index contributed by atoms with van der Waals surface area (Å²) in [5.41, 5.74) is 0. The van der Waals surface area contributed by atoms with Gasteiger partial charge in [0.2, 0.25) is 6.41 Å². The first-order valence-corrected chi connectivity index (χ1v) is 5.54. The van der Waals surface area contributed by atoms with E-state index >= 15 is 0 Å². The molecule has 0 aromatic heterocycles. The molecule has 0 saturated carbocycles. The summed E-state index contributed by atoms with van der Waals surface area (Å²) in [5, 5.41) is 0. The molecule has 2 rings (SSSR count). The summed E-state index contributed by atoms with van der Waals surface area (Å²) in [6.07, 6.45) is 5.86. The van der Waals surface area contributed by atoms with Gasteiger partial charge in [0.05, 0.1) is 0 Å². The normalized spacial score (nSPS) is 18.3. The second kappa shape index (κ2) is 11.5. The van der Waals surface area contributed by atoms with Crippen molar-refractivity contribution in [3.63, 3.8) is 0 Å². The molecule has 2 aliphatic rings. The van der Waals surface area contributed by atoms with E-state index in [1.54, 1.807) is 14.1 Å². The number of carbonyl (C=O) groups excluding carboxylic acids is 1. The fraction of sp³-hybridized carbons (Fsp3) is 0.909. The molecular weight excluding hydrogens is 194 g/mol. The highest BCUT2D eigenvalue weighted by Gasteiger charge is 1.95. The molecule has 0 atom stereocenters. The van der Waals surface area contributed by atoms with Gasteiger partial charge in [0.25, 0.3) is 0 Å². The Bertz CT molecular complexity index is 107. The Morgan fingerprint density at radius 3 is 1.20 bits per heavy atom. The Kier molecular flexibility index (Phi) is 11.0. The summed E-state index contributed by atoms with van der Waals surface area (Å²) in [6.45, 7) is 4.00. The minimum Gasteiger partial charge on any atom is -0.381 e. The third kappa shape index (κ3) is 13.4. The van der Waals surface area contributed by atoms with Gasteiger partial charge in [0.1, 0.15) is 0 Å². The smallest absolute Gasteiger partial charge is 0.209 e. The van der Waals surface area contributed by atoms with Crippen LogP contribution in [0.5, 0.6) is 0 Å². The average Bonchev–Trinajstić information content (AvgIpc) is 2.96. The van der Waals surface area contributed by atoms with E-state index in [4.69, 9.17) is 9.47 Å². The lowest BCUT2D eigenvalue weighted by Crippen LogP contribution is -2.06.